The number of benzene rings is 1. The molecule has 0 fully saturated rings. The molecule has 24 heavy (non-hydrogen) atoms. The molecule has 2 aromatic rings. The first kappa shape index (κ1) is 16.3. The molecular formula is C16H16N4O3S. The average molecular weight is 344 g/mol. The Balaban J connectivity index is 1.51. The normalized spacial score (nSPS) is 13.3. The van der Waals surface area contributed by atoms with Crippen LogP contribution in [0.2, 0.25) is 0 Å². The summed E-state index contributed by atoms with van der Waals surface area (Å²) in [5, 5.41) is 11.8. The molecule has 0 atom stereocenters. The minimum absolute atomic E-state index is 0.203. The number of aromatic nitrogens is 2. The van der Waals surface area contributed by atoms with Crippen molar-refractivity contribution in [3.05, 3.63) is 40.4 Å². The smallest absolute Gasteiger partial charge is 0.261 e. The number of nitrogens with one attached hydrogen (secondary N) is 1. The molecule has 0 spiro atoms. The third-order valence-electron chi connectivity index (χ3n) is 3.68. The lowest BCUT2D eigenvalue weighted by Crippen LogP contribution is -2.31. The van der Waals surface area contributed by atoms with Crippen molar-refractivity contribution in [1.82, 2.24) is 15.1 Å². The van der Waals surface area contributed by atoms with Crippen molar-refractivity contribution in [2.24, 2.45) is 0 Å². The van der Waals surface area contributed by atoms with Crippen LogP contribution in [0, 0.1) is 0 Å². The summed E-state index contributed by atoms with van der Waals surface area (Å²) in [5.74, 6) is -0.800. The molecule has 0 saturated heterocycles. The lowest BCUT2D eigenvalue weighted by Gasteiger charge is -2.13. The molecule has 3 amide bonds. The zero-order valence-electron chi connectivity index (χ0n) is 13.1. The number of carbonyl (C=O) groups excluding carboxylic acids is 3. The Morgan fingerprint density at radius 2 is 1.83 bits per heavy atom. The SMILES string of the molecule is CCc1nnc(NC(=O)CCCN2C(=O)c3ccccc3C2=O)s1. The number of nitrogens with zero attached hydrogens (tertiary/aromatic N) is 3. The standard InChI is InChI=1S/C16H16N4O3S/c1-2-13-18-19-16(24-13)17-12(21)8-5-9-20-14(22)10-6-3-4-7-11(10)15(20)23/h3-4,6-7H,2,5,8-9H2,1H3,(H,17,19,21). The van der Waals surface area contributed by atoms with Crippen LogP contribution >= 0.6 is 11.3 Å². The van der Waals surface area contributed by atoms with Crippen molar-refractivity contribution in [3.63, 3.8) is 0 Å². The van der Waals surface area contributed by atoms with E-state index in [1.807, 2.05) is 6.92 Å². The molecule has 0 bridgehead atoms. The van der Waals surface area contributed by atoms with Crippen molar-refractivity contribution < 1.29 is 14.4 Å². The Kier molecular flexibility index (Phi) is 4.66. The van der Waals surface area contributed by atoms with Crippen molar-refractivity contribution in [1.29, 1.82) is 0 Å². The highest BCUT2D eigenvalue weighted by Gasteiger charge is 2.34. The summed E-state index contributed by atoms with van der Waals surface area (Å²) in [5.41, 5.74) is 0.848. The van der Waals surface area contributed by atoms with Gasteiger partial charge < -0.3 is 5.32 Å². The molecule has 0 radical (unpaired) electrons. The van der Waals surface area contributed by atoms with E-state index < -0.39 is 0 Å². The largest absolute Gasteiger partial charge is 0.301 e. The van der Waals surface area contributed by atoms with Gasteiger partial charge in [-0.05, 0) is 25.0 Å². The van der Waals surface area contributed by atoms with Crippen LogP contribution in [0.5, 0.6) is 0 Å². The summed E-state index contributed by atoms with van der Waals surface area (Å²) in [6.45, 7) is 2.18. The van der Waals surface area contributed by atoms with E-state index in [0.29, 0.717) is 22.7 Å². The topological polar surface area (TPSA) is 92.3 Å². The summed E-state index contributed by atoms with van der Waals surface area (Å²) < 4.78 is 0. The highest BCUT2D eigenvalue weighted by atomic mass is 32.1. The van der Waals surface area contributed by atoms with Crippen molar-refractivity contribution >= 4 is 34.2 Å². The van der Waals surface area contributed by atoms with E-state index in [1.165, 1.54) is 16.2 Å². The number of hydrogen-bond donors (Lipinski definition) is 1. The van der Waals surface area contributed by atoms with Crippen LogP contribution in [0.3, 0.4) is 0 Å². The molecule has 1 aliphatic rings. The number of anilines is 1. The van der Waals surface area contributed by atoms with Gasteiger partial charge in [0.2, 0.25) is 11.0 Å². The fourth-order valence-electron chi connectivity index (χ4n) is 2.47. The maximum absolute atomic E-state index is 12.2. The average Bonchev–Trinajstić information content (AvgIpc) is 3.13. The molecule has 0 unspecified atom stereocenters. The van der Waals surface area contributed by atoms with Crippen LogP contribution in [0.15, 0.2) is 24.3 Å². The van der Waals surface area contributed by atoms with E-state index in [2.05, 4.69) is 15.5 Å². The molecular weight excluding hydrogens is 328 g/mol. The third kappa shape index (κ3) is 3.18. The predicted octanol–water partition coefficient (Wildman–Crippen LogP) is 2.12. The van der Waals surface area contributed by atoms with Crippen molar-refractivity contribution in [2.45, 2.75) is 26.2 Å². The van der Waals surface area contributed by atoms with Gasteiger partial charge in [0.05, 0.1) is 11.1 Å². The highest BCUT2D eigenvalue weighted by molar-refractivity contribution is 7.15. The van der Waals surface area contributed by atoms with Crippen LogP contribution in [0.4, 0.5) is 5.13 Å². The van der Waals surface area contributed by atoms with Gasteiger partial charge in [-0.2, -0.15) is 0 Å². The summed E-state index contributed by atoms with van der Waals surface area (Å²) in [6.07, 6.45) is 1.37. The lowest BCUT2D eigenvalue weighted by molar-refractivity contribution is -0.116. The van der Waals surface area contributed by atoms with Crippen LogP contribution in [-0.4, -0.2) is 39.4 Å². The van der Waals surface area contributed by atoms with Gasteiger partial charge in [-0.3, -0.25) is 19.3 Å². The zero-order chi connectivity index (χ0) is 17.1. The van der Waals surface area contributed by atoms with Gasteiger partial charge in [-0.15, -0.1) is 10.2 Å². The molecule has 2 heterocycles. The fraction of sp³-hybridized carbons (Fsp3) is 0.312. The number of imide groups is 1. The summed E-state index contributed by atoms with van der Waals surface area (Å²) in [6, 6.07) is 6.74. The summed E-state index contributed by atoms with van der Waals surface area (Å²) in [4.78, 5) is 37.5. The molecule has 1 aromatic carbocycles. The van der Waals surface area contributed by atoms with Gasteiger partial charge in [0.25, 0.3) is 11.8 Å². The molecule has 3 rings (SSSR count). The van der Waals surface area contributed by atoms with Gasteiger partial charge in [0.1, 0.15) is 5.01 Å². The summed E-state index contributed by atoms with van der Waals surface area (Å²) in [7, 11) is 0. The van der Waals surface area contributed by atoms with Crippen LogP contribution in [0.1, 0.15) is 45.5 Å². The van der Waals surface area contributed by atoms with Crippen LogP contribution in [-0.2, 0) is 11.2 Å². The number of rotatable bonds is 6. The Labute approximate surface area is 142 Å². The molecule has 0 saturated carbocycles. The van der Waals surface area contributed by atoms with Gasteiger partial charge in [0.15, 0.2) is 0 Å². The Hall–Kier alpha value is -2.61. The Morgan fingerprint density at radius 1 is 1.17 bits per heavy atom. The van der Waals surface area contributed by atoms with Crippen LogP contribution in [0.25, 0.3) is 0 Å². The number of amides is 3. The molecule has 1 N–H and O–H groups in total. The van der Waals surface area contributed by atoms with Gasteiger partial charge in [-0.1, -0.05) is 30.4 Å². The maximum atomic E-state index is 12.2. The Morgan fingerprint density at radius 3 is 2.42 bits per heavy atom. The zero-order valence-corrected chi connectivity index (χ0v) is 13.9. The van der Waals surface area contributed by atoms with E-state index in [-0.39, 0.29) is 30.7 Å². The molecule has 124 valence electrons. The van der Waals surface area contributed by atoms with Crippen molar-refractivity contribution in [3.8, 4) is 0 Å². The second-order valence-corrected chi connectivity index (χ2v) is 6.38. The van der Waals surface area contributed by atoms with E-state index in [9.17, 15) is 14.4 Å². The number of hydrogen-bond acceptors (Lipinski definition) is 6. The van der Waals surface area contributed by atoms with Crippen molar-refractivity contribution in [2.75, 3.05) is 11.9 Å². The maximum Gasteiger partial charge on any atom is 0.261 e. The molecule has 1 aliphatic heterocycles. The van der Waals surface area contributed by atoms with E-state index >= 15 is 0 Å². The van der Waals surface area contributed by atoms with E-state index in [0.717, 1.165) is 11.4 Å². The third-order valence-corrected chi connectivity index (χ3v) is 4.66. The summed E-state index contributed by atoms with van der Waals surface area (Å²) >= 11 is 1.34. The Bertz CT molecular complexity index is 767. The molecule has 0 aliphatic carbocycles. The first-order valence-corrected chi connectivity index (χ1v) is 8.49. The van der Waals surface area contributed by atoms with Gasteiger partial charge in [-0.25, -0.2) is 0 Å². The highest BCUT2D eigenvalue weighted by Crippen LogP contribution is 2.22. The number of fused-ring (bicyclic) bond motifs is 1. The minimum atomic E-state index is -0.298. The second kappa shape index (κ2) is 6.88. The quantitative estimate of drug-likeness (QED) is 0.810. The molecule has 7 nitrogen and oxygen atoms in total. The van der Waals surface area contributed by atoms with Gasteiger partial charge in [0, 0.05) is 13.0 Å². The van der Waals surface area contributed by atoms with Gasteiger partial charge >= 0.3 is 0 Å². The second-order valence-electron chi connectivity index (χ2n) is 5.31. The first-order chi connectivity index (χ1) is 11.6. The predicted molar refractivity (Wildman–Crippen MR) is 89.0 cm³/mol. The number of aryl methyl sites for hydroxylation is 1. The number of carbonyl (C=O) groups is 3. The fourth-order valence-corrected chi connectivity index (χ4v) is 3.16. The van der Waals surface area contributed by atoms with Crippen LogP contribution < -0.4 is 5.32 Å². The molecule has 1 aromatic heterocycles. The first-order valence-electron chi connectivity index (χ1n) is 7.67. The minimum Gasteiger partial charge on any atom is -0.301 e. The van der Waals surface area contributed by atoms with E-state index in [1.54, 1.807) is 24.3 Å². The van der Waals surface area contributed by atoms with E-state index in [4.69, 9.17) is 0 Å². The monoisotopic (exact) mass is 344 g/mol. The lowest BCUT2D eigenvalue weighted by atomic mass is 10.1. The molecule has 8 heteroatoms.